The van der Waals surface area contributed by atoms with Crippen molar-refractivity contribution in [2.24, 2.45) is 0 Å². The number of nitrogens with one attached hydrogen (secondary N) is 2. The molecule has 0 spiro atoms. The number of amides is 1. The van der Waals surface area contributed by atoms with Crippen molar-refractivity contribution in [2.45, 2.75) is 24.7 Å². The molecular weight excluding hydrogens is 290 g/mol. The lowest BCUT2D eigenvalue weighted by atomic mass is 10.2. The zero-order valence-corrected chi connectivity index (χ0v) is 13.2. The van der Waals surface area contributed by atoms with Crippen LogP contribution in [0.25, 0.3) is 0 Å². The molecule has 0 atom stereocenters. The van der Waals surface area contributed by atoms with E-state index in [1.807, 2.05) is 0 Å². The predicted octanol–water partition coefficient (Wildman–Crippen LogP) is 0.937. The molecule has 0 aliphatic carbocycles. The minimum Gasteiger partial charge on any atom is -0.325 e. The second-order valence-corrected chi connectivity index (χ2v) is 7.07. The number of nitrogens with zero attached hydrogens (tertiary/aromatic N) is 1. The molecule has 21 heavy (non-hydrogen) atoms. The number of sulfonamides is 1. The van der Waals surface area contributed by atoms with E-state index in [-0.39, 0.29) is 10.8 Å². The highest BCUT2D eigenvalue weighted by Crippen LogP contribution is 2.20. The summed E-state index contributed by atoms with van der Waals surface area (Å²) >= 11 is 0. The Morgan fingerprint density at radius 3 is 2.57 bits per heavy atom. The quantitative estimate of drug-likeness (QED) is 0.848. The molecule has 2 rings (SSSR count). The zero-order chi connectivity index (χ0) is 15.5. The maximum absolute atomic E-state index is 12.0. The third-order valence-electron chi connectivity index (χ3n) is 3.60. The van der Waals surface area contributed by atoms with Crippen LogP contribution in [-0.4, -0.2) is 45.9 Å². The minimum atomic E-state index is -3.52. The van der Waals surface area contributed by atoms with E-state index in [2.05, 4.69) is 14.9 Å². The molecule has 1 aromatic carbocycles. The van der Waals surface area contributed by atoms with Crippen molar-refractivity contribution in [3.05, 3.63) is 23.8 Å². The summed E-state index contributed by atoms with van der Waals surface area (Å²) in [5, 5.41) is 2.76. The zero-order valence-electron chi connectivity index (χ0n) is 12.3. The van der Waals surface area contributed by atoms with Crippen molar-refractivity contribution >= 4 is 21.6 Å². The van der Waals surface area contributed by atoms with Crippen LogP contribution >= 0.6 is 0 Å². The number of carbonyl (C=O) groups is 1. The van der Waals surface area contributed by atoms with Crippen LogP contribution in [0.5, 0.6) is 0 Å². The van der Waals surface area contributed by atoms with Gasteiger partial charge in [-0.1, -0.05) is 6.07 Å². The molecule has 1 amide bonds. The predicted molar refractivity (Wildman–Crippen MR) is 81.7 cm³/mol. The van der Waals surface area contributed by atoms with Gasteiger partial charge in [0, 0.05) is 5.69 Å². The van der Waals surface area contributed by atoms with Crippen LogP contribution in [-0.2, 0) is 14.8 Å². The van der Waals surface area contributed by atoms with E-state index in [4.69, 9.17) is 0 Å². The van der Waals surface area contributed by atoms with Crippen molar-refractivity contribution < 1.29 is 13.2 Å². The smallest absolute Gasteiger partial charge is 0.240 e. The Kier molecular flexibility index (Phi) is 4.97. The van der Waals surface area contributed by atoms with E-state index in [1.165, 1.54) is 13.1 Å². The maximum atomic E-state index is 12.0. The van der Waals surface area contributed by atoms with Crippen LogP contribution in [0.4, 0.5) is 5.69 Å². The largest absolute Gasteiger partial charge is 0.325 e. The van der Waals surface area contributed by atoms with Gasteiger partial charge in [-0.3, -0.25) is 9.69 Å². The lowest BCUT2D eigenvalue weighted by molar-refractivity contribution is -0.117. The number of hydrogen-bond acceptors (Lipinski definition) is 4. The molecule has 1 aliphatic rings. The van der Waals surface area contributed by atoms with Crippen LogP contribution in [0.2, 0.25) is 0 Å². The van der Waals surface area contributed by atoms with Crippen LogP contribution in [0.15, 0.2) is 23.1 Å². The number of aryl methyl sites for hydroxylation is 1. The van der Waals surface area contributed by atoms with Gasteiger partial charge >= 0.3 is 0 Å². The van der Waals surface area contributed by atoms with Gasteiger partial charge in [0.1, 0.15) is 0 Å². The normalized spacial score (nSPS) is 16.1. The lowest BCUT2D eigenvalue weighted by Crippen LogP contribution is -2.31. The summed E-state index contributed by atoms with van der Waals surface area (Å²) in [6, 6.07) is 4.89. The number of rotatable bonds is 5. The Labute approximate surface area is 125 Å². The van der Waals surface area contributed by atoms with Crippen molar-refractivity contribution in [3.8, 4) is 0 Å². The van der Waals surface area contributed by atoms with Crippen molar-refractivity contribution in [2.75, 3.05) is 32.0 Å². The van der Waals surface area contributed by atoms with Crippen LogP contribution in [0.1, 0.15) is 18.4 Å². The number of carbonyl (C=O) groups excluding carboxylic acids is 1. The molecule has 6 nitrogen and oxygen atoms in total. The molecular formula is C14H21N3O3S. The van der Waals surface area contributed by atoms with Gasteiger partial charge in [0.15, 0.2) is 0 Å². The first-order valence-corrected chi connectivity index (χ1v) is 8.47. The fourth-order valence-electron chi connectivity index (χ4n) is 2.42. The summed E-state index contributed by atoms with van der Waals surface area (Å²) in [5.74, 6) is -0.117. The highest BCUT2D eigenvalue weighted by atomic mass is 32.2. The third-order valence-corrected chi connectivity index (χ3v) is 5.15. The van der Waals surface area contributed by atoms with Gasteiger partial charge < -0.3 is 5.32 Å². The Bertz CT molecular complexity index is 622. The van der Waals surface area contributed by atoms with Crippen LogP contribution in [0.3, 0.4) is 0 Å². The minimum absolute atomic E-state index is 0.117. The number of likely N-dealkylation sites (tertiary alicyclic amines) is 1. The van der Waals surface area contributed by atoms with E-state index in [9.17, 15) is 13.2 Å². The summed E-state index contributed by atoms with van der Waals surface area (Å²) in [7, 11) is -2.15. The topological polar surface area (TPSA) is 78.5 Å². The van der Waals surface area contributed by atoms with Gasteiger partial charge in [-0.05, 0) is 57.6 Å². The first kappa shape index (κ1) is 15.9. The van der Waals surface area contributed by atoms with Gasteiger partial charge in [-0.25, -0.2) is 13.1 Å². The summed E-state index contributed by atoms with van der Waals surface area (Å²) in [5.41, 5.74) is 1.14. The van der Waals surface area contributed by atoms with Gasteiger partial charge in [-0.2, -0.15) is 0 Å². The summed E-state index contributed by atoms with van der Waals surface area (Å²) in [4.78, 5) is 14.2. The number of hydrogen-bond donors (Lipinski definition) is 2. The Hall–Kier alpha value is -1.44. The van der Waals surface area contributed by atoms with Crippen molar-refractivity contribution in [1.82, 2.24) is 9.62 Å². The Morgan fingerprint density at radius 2 is 1.95 bits per heavy atom. The molecule has 2 N–H and O–H groups in total. The second kappa shape index (κ2) is 6.55. The van der Waals surface area contributed by atoms with E-state index in [0.29, 0.717) is 17.8 Å². The summed E-state index contributed by atoms with van der Waals surface area (Å²) in [6.45, 7) is 3.96. The molecule has 1 saturated heterocycles. The maximum Gasteiger partial charge on any atom is 0.240 e. The average molecular weight is 311 g/mol. The molecule has 0 aromatic heterocycles. The SMILES string of the molecule is CNS(=O)(=O)c1cc(NC(=O)CN2CCCC2)ccc1C. The molecule has 0 saturated carbocycles. The van der Waals surface area contributed by atoms with Crippen LogP contribution in [0, 0.1) is 6.92 Å². The molecule has 1 aliphatic heterocycles. The van der Waals surface area contributed by atoms with Gasteiger partial charge in [0.25, 0.3) is 0 Å². The van der Waals surface area contributed by atoms with Gasteiger partial charge in [-0.15, -0.1) is 0 Å². The highest BCUT2D eigenvalue weighted by molar-refractivity contribution is 7.89. The molecule has 1 aromatic rings. The molecule has 1 heterocycles. The van der Waals surface area contributed by atoms with Crippen molar-refractivity contribution in [3.63, 3.8) is 0 Å². The lowest BCUT2D eigenvalue weighted by Gasteiger charge is -2.15. The van der Waals surface area contributed by atoms with E-state index < -0.39 is 10.0 Å². The van der Waals surface area contributed by atoms with Crippen molar-refractivity contribution in [1.29, 1.82) is 0 Å². The van der Waals surface area contributed by atoms with Gasteiger partial charge in [0.2, 0.25) is 15.9 Å². The molecule has 0 unspecified atom stereocenters. The number of benzene rings is 1. The third kappa shape index (κ3) is 4.03. The van der Waals surface area contributed by atoms with E-state index in [1.54, 1.807) is 19.1 Å². The standard InChI is InChI=1S/C14H21N3O3S/c1-11-5-6-12(9-13(11)21(19,20)15-2)16-14(18)10-17-7-3-4-8-17/h5-6,9,15H,3-4,7-8,10H2,1-2H3,(H,16,18). The molecule has 0 radical (unpaired) electrons. The fraction of sp³-hybridized carbons (Fsp3) is 0.500. The second-order valence-electron chi connectivity index (χ2n) is 5.22. The monoisotopic (exact) mass is 311 g/mol. The fourth-order valence-corrected chi connectivity index (χ4v) is 3.42. The molecule has 1 fully saturated rings. The first-order chi connectivity index (χ1) is 9.92. The van der Waals surface area contributed by atoms with E-state index in [0.717, 1.165) is 25.9 Å². The first-order valence-electron chi connectivity index (χ1n) is 6.99. The van der Waals surface area contributed by atoms with E-state index >= 15 is 0 Å². The van der Waals surface area contributed by atoms with Gasteiger partial charge in [0.05, 0.1) is 11.4 Å². The Morgan fingerprint density at radius 1 is 1.29 bits per heavy atom. The van der Waals surface area contributed by atoms with Crippen LogP contribution < -0.4 is 10.0 Å². The number of anilines is 1. The highest BCUT2D eigenvalue weighted by Gasteiger charge is 2.17. The molecule has 7 heteroatoms. The molecule has 116 valence electrons. The summed E-state index contributed by atoms with van der Waals surface area (Å²) in [6.07, 6.45) is 2.25. The average Bonchev–Trinajstić information content (AvgIpc) is 2.93. The molecule has 0 bridgehead atoms. The summed E-state index contributed by atoms with van der Waals surface area (Å²) < 4.78 is 26.1. The Balaban J connectivity index is 2.10.